The number of aromatic nitrogens is 2. The van der Waals surface area contributed by atoms with Crippen LogP contribution < -0.4 is 0 Å². The minimum atomic E-state index is -3.51. The summed E-state index contributed by atoms with van der Waals surface area (Å²) in [5.41, 5.74) is 1.54. The van der Waals surface area contributed by atoms with Crippen LogP contribution in [0.15, 0.2) is 41.6 Å². The highest BCUT2D eigenvalue weighted by atomic mass is 32.2. The van der Waals surface area contributed by atoms with Crippen molar-refractivity contribution in [3.05, 3.63) is 47.8 Å². The lowest BCUT2D eigenvalue weighted by Crippen LogP contribution is -2.50. The third-order valence-corrected chi connectivity index (χ3v) is 6.05. The molecule has 0 unspecified atom stereocenters. The molecule has 1 aromatic heterocycles. The molecule has 2 aromatic rings. The van der Waals surface area contributed by atoms with Gasteiger partial charge >= 0.3 is 0 Å². The van der Waals surface area contributed by atoms with Gasteiger partial charge in [-0.15, -0.1) is 0 Å². The third kappa shape index (κ3) is 3.20. The number of amides is 1. The number of hydrogen-bond acceptors (Lipinski definition) is 4. The smallest absolute Gasteiger partial charge is 0.257 e. The fraction of sp³-hybridized carbons (Fsp3) is 0.375. The molecule has 128 valence electrons. The standard InChI is InChI=1S/C16H20N4O3S/c1-13-3-5-15(6-4-13)24(22,23)20-9-7-19(8-10-20)16(21)14-11-17-18(2)12-14/h3-6,11-12H,7-10H2,1-2H3. The first kappa shape index (κ1) is 16.7. The van der Waals surface area contributed by atoms with E-state index in [2.05, 4.69) is 5.10 Å². The third-order valence-electron chi connectivity index (χ3n) is 4.14. The normalized spacial score (nSPS) is 16.3. The Morgan fingerprint density at radius 1 is 1.08 bits per heavy atom. The summed E-state index contributed by atoms with van der Waals surface area (Å²) < 4.78 is 28.3. The topological polar surface area (TPSA) is 75.5 Å². The number of piperazine rings is 1. The van der Waals surface area contributed by atoms with E-state index in [1.807, 2.05) is 6.92 Å². The van der Waals surface area contributed by atoms with Crippen molar-refractivity contribution in [2.75, 3.05) is 26.2 Å². The second kappa shape index (κ2) is 6.37. The average Bonchev–Trinajstić information content (AvgIpc) is 3.01. The molecule has 0 atom stereocenters. The maximum Gasteiger partial charge on any atom is 0.257 e. The van der Waals surface area contributed by atoms with Crippen LogP contribution in [0.5, 0.6) is 0 Å². The van der Waals surface area contributed by atoms with Crippen molar-refractivity contribution in [3.63, 3.8) is 0 Å². The highest BCUT2D eigenvalue weighted by Gasteiger charge is 2.30. The Morgan fingerprint density at radius 2 is 1.71 bits per heavy atom. The maximum atomic E-state index is 12.7. The fourth-order valence-electron chi connectivity index (χ4n) is 2.71. The highest BCUT2D eigenvalue weighted by molar-refractivity contribution is 7.89. The summed E-state index contributed by atoms with van der Waals surface area (Å²) in [5.74, 6) is -0.115. The van der Waals surface area contributed by atoms with Gasteiger partial charge in [-0.3, -0.25) is 9.48 Å². The van der Waals surface area contributed by atoms with E-state index < -0.39 is 10.0 Å². The molecule has 1 aliphatic heterocycles. The number of aryl methyl sites for hydroxylation is 2. The molecule has 1 fully saturated rings. The number of rotatable bonds is 3. The Hall–Kier alpha value is -2.19. The van der Waals surface area contributed by atoms with Crippen LogP contribution >= 0.6 is 0 Å². The monoisotopic (exact) mass is 348 g/mol. The van der Waals surface area contributed by atoms with Gasteiger partial charge in [-0.2, -0.15) is 9.40 Å². The summed E-state index contributed by atoms with van der Waals surface area (Å²) in [4.78, 5) is 14.3. The van der Waals surface area contributed by atoms with E-state index >= 15 is 0 Å². The van der Waals surface area contributed by atoms with Crippen LogP contribution in [0.1, 0.15) is 15.9 Å². The number of carbonyl (C=O) groups excluding carboxylic acids is 1. The number of benzene rings is 1. The summed E-state index contributed by atoms with van der Waals surface area (Å²) in [5, 5.41) is 4.00. The first-order valence-corrected chi connectivity index (χ1v) is 9.17. The van der Waals surface area contributed by atoms with Crippen LogP contribution in [0, 0.1) is 6.92 Å². The van der Waals surface area contributed by atoms with Gasteiger partial charge in [0.1, 0.15) is 0 Å². The van der Waals surface area contributed by atoms with Crippen LogP contribution in [-0.4, -0.2) is 59.5 Å². The molecule has 8 heteroatoms. The maximum absolute atomic E-state index is 12.7. The van der Waals surface area contributed by atoms with E-state index in [4.69, 9.17) is 0 Å². The van der Waals surface area contributed by atoms with Gasteiger partial charge in [0.05, 0.1) is 16.7 Å². The zero-order chi connectivity index (χ0) is 17.3. The summed E-state index contributed by atoms with van der Waals surface area (Å²) in [6, 6.07) is 6.82. The molecule has 1 amide bonds. The molecule has 3 rings (SSSR count). The summed E-state index contributed by atoms with van der Waals surface area (Å²) in [6.07, 6.45) is 3.19. The molecular weight excluding hydrogens is 328 g/mol. The largest absolute Gasteiger partial charge is 0.336 e. The molecule has 7 nitrogen and oxygen atoms in total. The van der Waals surface area contributed by atoms with Gasteiger partial charge in [0.15, 0.2) is 0 Å². The van der Waals surface area contributed by atoms with Crippen molar-refractivity contribution >= 4 is 15.9 Å². The minimum Gasteiger partial charge on any atom is -0.336 e. The predicted molar refractivity (Wildman–Crippen MR) is 89.0 cm³/mol. The lowest BCUT2D eigenvalue weighted by Gasteiger charge is -2.33. The molecule has 24 heavy (non-hydrogen) atoms. The van der Waals surface area contributed by atoms with Gasteiger partial charge in [-0.1, -0.05) is 17.7 Å². The van der Waals surface area contributed by atoms with Crippen molar-refractivity contribution in [2.45, 2.75) is 11.8 Å². The summed E-state index contributed by atoms with van der Waals surface area (Å²) >= 11 is 0. The predicted octanol–water partition coefficient (Wildman–Crippen LogP) is 0.875. The molecule has 1 aromatic carbocycles. The summed E-state index contributed by atoms with van der Waals surface area (Å²) in [7, 11) is -1.76. The molecule has 0 radical (unpaired) electrons. The van der Waals surface area contributed by atoms with Crippen LogP contribution in [0.4, 0.5) is 0 Å². The number of sulfonamides is 1. The molecule has 0 aliphatic carbocycles. The molecule has 0 N–H and O–H groups in total. The zero-order valence-corrected chi connectivity index (χ0v) is 14.5. The second-order valence-corrected chi connectivity index (χ2v) is 7.85. The summed E-state index contributed by atoms with van der Waals surface area (Å²) in [6.45, 7) is 3.25. The minimum absolute atomic E-state index is 0.115. The van der Waals surface area contributed by atoms with E-state index in [1.165, 1.54) is 10.5 Å². The zero-order valence-electron chi connectivity index (χ0n) is 13.7. The van der Waals surface area contributed by atoms with E-state index in [-0.39, 0.29) is 5.91 Å². The molecule has 0 bridgehead atoms. The van der Waals surface area contributed by atoms with Crippen LogP contribution in [0.2, 0.25) is 0 Å². The van der Waals surface area contributed by atoms with Crippen molar-refractivity contribution in [1.82, 2.24) is 19.0 Å². The SMILES string of the molecule is Cc1ccc(S(=O)(=O)N2CCN(C(=O)c3cnn(C)c3)CC2)cc1. The van der Waals surface area contributed by atoms with Crippen LogP contribution in [-0.2, 0) is 17.1 Å². The van der Waals surface area contributed by atoms with Gasteiger partial charge in [-0.05, 0) is 19.1 Å². The lowest BCUT2D eigenvalue weighted by molar-refractivity contribution is 0.0698. The van der Waals surface area contributed by atoms with Crippen molar-refractivity contribution < 1.29 is 13.2 Å². The van der Waals surface area contributed by atoms with E-state index in [9.17, 15) is 13.2 Å². The Bertz CT molecular complexity index is 834. The number of carbonyl (C=O) groups is 1. The van der Waals surface area contributed by atoms with Gasteiger partial charge in [0.25, 0.3) is 5.91 Å². The Balaban J connectivity index is 1.68. The molecule has 1 aliphatic rings. The van der Waals surface area contributed by atoms with E-state index in [0.29, 0.717) is 36.6 Å². The van der Waals surface area contributed by atoms with E-state index in [1.54, 1.807) is 47.1 Å². The van der Waals surface area contributed by atoms with Crippen LogP contribution in [0.25, 0.3) is 0 Å². The van der Waals surface area contributed by atoms with Crippen molar-refractivity contribution in [2.24, 2.45) is 7.05 Å². The van der Waals surface area contributed by atoms with E-state index in [0.717, 1.165) is 5.56 Å². The van der Waals surface area contributed by atoms with Gasteiger partial charge in [-0.25, -0.2) is 8.42 Å². The number of nitrogens with zero attached hydrogens (tertiary/aromatic N) is 4. The molecular formula is C16H20N4O3S. The van der Waals surface area contributed by atoms with Crippen LogP contribution in [0.3, 0.4) is 0 Å². The quantitative estimate of drug-likeness (QED) is 0.825. The Labute approximate surface area is 141 Å². The highest BCUT2D eigenvalue weighted by Crippen LogP contribution is 2.19. The molecule has 2 heterocycles. The van der Waals surface area contributed by atoms with Gasteiger partial charge < -0.3 is 4.90 Å². The second-order valence-electron chi connectivity index (χ2n) is 5.91. The van der Waals surface area contributed by atoms with Gasteiger partial charge in [0.2, 0.25) is 10.0 Å². The Morgan fingerprint density at radius 3 is 2.25 bits per heavy atom. The average molecular weight is 348 g/mol. The first-order chi connectivity index (χ1) is 11.4. The van der Waals surface area contributed by atoms with Gasteiger partial charge in [0, 0.05) is 39.4 Å². The lowest BCUT2D eigenvalue weighted by atomic mass is 10.2. The van der Waals surface area contributed by atoms with Crippen molar-refractivity contribution in [3.8, 4) is 0 Å². The molecule has 0 spiro atoms. The molecule has 1 saturated heterocycles. The Kier molecular flexibility index (Phi) is 4.42. The number of hydrogen-bond donors (Lipinski definition) is 0. The molecule has 0 saturated carbocycles. The van der Waals surface area contributed by atoms with Crippen molar-refractivity contribution in [1.29, 1.82) is 0 Å². The first-order valence-electron chi connectivity index (χ1n) is 7.73. The fourth-order valence-corrected chi connectivity index (χ4v) is 4.13.